The Morgan fingerprint density at radius 2 is 0.750 bits per heavy atom. The van der Waals surface area contributed by atoms with E-state index < -0.39 is 0 Å². The van der Waals surface area contributed by atoms with Crippen LogP contribution >= 0.6 is 22.7 Å². The molecule has 4 aromatic heterocycles. The fourth-order valence-corrected chi connectivity index (χ4v) is 11.1. The summed E-state index contributed by atoms with van der Waals surface area (Å²) in [7, 11) is 0. The lowest BCUT2D eigenvalue weighted by Gasteiger charge is -2.09. The number of rotatable bonds is 3. The van der Waals surface area contributed by atoms with Gasteiger partial charge in [0, 0.05) is 73.3 Å². The number of aromatic nitrogens is 2. The fourth-order valence-electron chi connectivity index (χ4n) is 8.95. The van der Waals surface area contributed by atoms with Crippen LogP contribution in [-0.4, -0.2) is 9.13 Å². The summed E-state index contributed by atoms with van der Waals surface area (Å²) in [6.45, 7) is 0. The summed E-state index contributed by atoms with van der Waals surface area (Å²) in [5.41, 5.74) is 10.2. The van der Waals surface area contributed by atoms with E-state index in [4.69, 9.17) is 0 Å². The van der Waals surface area contributed by atoms with Gasteiger partial charge in [-0.1, -0.05) is 60.7 Å². The summed E-state index contributed by atoms with van der Waals surface area (Å²) in [6, 6.07) is 60.8. The van der Waals surface area contributed by atoms with Crippen molar-refractivity contribution in [2.45, 2.75) is 0 Å². The van der Waals surface area contributed by atoms with Gasteiger partial charge in [0.2, 0.25) is 0 Å². The molecule has 56 heavy (non-hydrogen) atoms. The largest absolute Gasteiger partial charge is 0.309 e. The van der Waals surface area contributed by atoms with E-state index >= 15 is 0 Å². The van der Waals surface area contributed by atoms with Crippen molar-refractivity contribution in [3.05, 3.63) is 169 Å². The molecule has 0 radical (unpaired) electrons. The molecule has 6 heteroatoms. The summed E-state index contributed by atoms with van der Waals surface area (Å²) < 4.78 is 9.60. The first-order valence-electron chi connectivity index (χ1n) is 18.5. The van der Waals surface area contributed by atoms with Crippen LogP contribution in [0.3, 0.4) is 0 Å². The first-order valence-corrected chi connectivity index (χ1v) is 20.1. The second-order valence-corrected chi connectivity index (χ2v) is 16.5. The van der Waals surface area contributed by atoms with E-state index in [1.807, 2.05) is 59.1 Å². The van der Waals surface area contributed by atoms with Gasteiger partial charge >= 0.3 is 0 Å². The molecule has 0 saturated carbocycles. The van der Waals surface area contributed by atoms with Crippen molar-refractivity contribution in [2.75, 3.05) is 0 Å². The fraction of sp³-hybridized carbons (Fsp3) is 0. The van der Waals surface area contributed by atoms with Gasteiger partial charge in [-0.05, 0) is 108 Å². The zero-order valence-electron chi connectivity index (χ0n) is 29.6. The highest BCUT2D eigenvalue weighted by Crippen LogP contribution is 2.43. The second kappa shape index (κ2) is 11.6. The lowest BCUT2D eigenvalue weighted by Crippen LogP contribution is -1.93. The Hall–Kier alpha value is -7.22. The van der Waals surface area contributed by atoms with Crippen LogP contribution < -0.4 is 0 Å². The highest BCUT2D eigenvalue weighted by molar-refractivity contribution is 7.26. The van der Waals surface area contributed by atoms with Crippen molar-refractivity contribution in [3.63, 3.8) is 0 Å². The van der Waals surface area contributed by atoms with Gasteiger partial charge in [0.1, 0.15) is 0 Å². The maximum absolute atomic E-state index is 9.99. The zero-order chi connectivity index (χ0) is 37.1. The molecule has 12 aromatic rings. The summed E-state index contributed by atoms with van der Waals surface area (Å²) in [6.07, 6.45) is 0. The number of fused-ring (bicyclic) bond motifs is 12. The standard InChI is InChI=1S/C50H26N4S2/c51-27-31-7-5-13-43-49(31)35-9-1-3-11-41(35)53(43)33-17-21-47-39(25-33)37-23-29(15-19-45(37)55-47)30-16-20-46-38(24-30)40-26-34(18-22-48(40)56-46)54-42-12-4-2-10-36(42)50-32(28-52)8-6-14-44(50)54/h1-26H. The van der Waals surface area contributed by atoms with Crippen LogP contribution in [0.4, 0.5) is 0 Å². The molecule has 0 saturated heterocycles. The molecule has 0 spiro atoms. The third-order valence-corrected chi connectivity index (χ3v) is 13.7. The van der Waals surface area contributed by atoms with E-state index in [0.717, 1.165) is 55.0 Å². The molecule has 4 heterocycles. The van der Waals surface area contributed by atoms with Gasteiger partial charge in [-0.15, -0.1) is 22.7 Å². The Morgan fingerprint density at radius 1 is 0.357 bits per heavy atom. The van der Waals surface area contributed by atoms with Crippen LogP contribution in [0.2, 0.25) is 0 Å². The minimum absolute atomic E-state index is 0.691. The monoisotopic (exact) mass is 746 g/mol. The number of hydrogen-bond acceptors (Lipinski definition) is 4. The van der Waals surface area contributed by atoms with Gasteiger partial charge in [0.15, 0.2) is 0 Å². The molecule has 0 amide bonds. The molecule has 0 unspecified atom stereocenters. The van der Waals surface area contributed by atoms with Crippen molar-refractivity contribution in [1.82, 2.24) is 9.13 Å². The van der Waals surface area contributed by atoms with E-state index in [-0.39, 0.29) is 0 Å². The van der Waals surface area contributed by atoms with Gasteiger partial charge < -0.3 is 9.13 Å². The maximum Gasteiger partial charge on any atom is 0.0998 e. The first-order chi connectivity index (χ1) is 27.7. The molecule has 0 bridgehead atoms. The molecule has 0 fully saturated rings. The minimum atomic E-state index is 0.691. The van der Waals surface area contributed by atoms with Gasteiger partial charge in [-0.2, -0.15) is 10.5 Å². The van der Waals surface area contributed by atoms with Crippen LogP contribution in [0.25, 0.3) is 106 Å². The van der Waals surface area contributed by atoms with Crippen LogP contribution in [0, 0.1) is 22.7 Å². The third-order valence-electron chi connectivity index (χ3n) is 11.4. The number of nitriles is 2. The SMILES string of the molecule is N#Cc1cccc2c1c1ccccc1n2-c1ccc2sc3ccc(-c4ccc5sc6ccc(-n7c8ccccc8c8c(C#N)cccc87)cc6c5c4)cc3c2c1. The normalized spacial score (nSPS) is 11.9. The number of benzene rings is 8. The predicted octanol–water partition coefficient (Wildman–Crippen LogP) is 14.0. The van der Waals surface area contributed by atoms with E-state index in [1.54, 1.807) is 0 Å². The molecular formula is C50H26N4S2. The molecular weight excluding hydrogens is 721 g/mol. The molecule has 0 aliphatic rings. The molecule has 0 N–H and O–H groups in total. The number of hydrogen-bond donors (Lipinski definition) is 0. The molecule has 0 aliphatic heterocycles. The summed E-state index contributed by atoms with van der Waals surface area (Å²) in [5, 5.41) is 29.1. The molecule has 0 aliphatic carbocycles. The first kappa shape index (κ1) is 31.2. The highest BCUT2D eigenvalue weighted by Gasteiger charge is 2.18. The van der Waals surface area contributed by atoms with E-state index in [9.17, 15) is 10.5 Å². The van der Waals surface area contributed by atoms with Gasteiger partial charge in [0.05, 0.1) is 45.3 Å². The van der Waals surface area contributed by atoms with Crippen LogP contribution in [-0.2, 0) is 0 Å². The Bertz CT molecular complexity index is 3500. The van der Waals surface area contributed by atoms with Gasteiger partial charge in [-0.3, -0.25) is 0 Å². The molecule has 12 rings (SSSR count). The van der Waals surface area contributed by atoms with E-state index in [2.05, 4.69) is 143 Å². The summed E-state index contributed by atoms with van der Waals surface area (Å²) in [5.74, 6) is 0. The topological polar surface area (TPSA) is 57.4 Å². The smallest absolute Gasteiger partial charge is 0.0998 e. The van der Waals surface area contributed by atoms with Crippen molar-refractivity contribution in [3.8, 4) is 34.6 Å². The maximum atomic E-state index is 9.99. The quantitative estimate of drug-likeness (QED) is 0.181. The number of thiophene rings is 2. The van der Waals surface area contributed by atoms with Crippen molar-refractivity contribution >= 4 is 107 Å². The third kappa shape index (κ3) is 4.31. The van der Waals surface area contributed by atoms with E-state index in [0.29, 0.717) is 11.1 Å². The van der Waals surface area contributed by atoms with E-state index in [1.165, 1.54) is 51.5 Å². The predicted molar refractivity (Wildman–Crippen MR) is 236 cm³/mol. The Balaban J connectivity index is 1.01. The molecule has 4 nitrogen and oxygen atoms in total. The van der Waals surface area contributed by atoms with Crippen LogP contribution in [0.1, 0.15) is 11.1 Å². The summed E-state index contributed by atoms with van der Waals surface area (Å²) in [4.78, 5) is 0. The summed E-state index contributed by atoms with van der Waals surface area (Å²) >= 11 is 3.65. The number of nitrogens with zero attached hydrogens (tertiary/aromatic N) is 4. The molecule has 258 valence electrons. The van der Waals surface area contributed by atoms with Crippen LogP contribution in [0.5, 0.6) is 0 Å². The van der Waals surface area contributed by atoms with Crippen molar-refractivity contribution < 1.29 is 0 Å². The second-order valence-electron chi connectivity index (χ2n) is 14.3. The molecule has 0 atom stereocenters. The van der Waals surface area contributed by atoms with Crippen molar-refractivity contribution in [1.29, 1.82) is 10.5 Å². The van der Waals surface area contributed by atoms with Gasteiger partial charge in [0.25, 0.3) is 0 Å². The lowest BCUT2D eigenvalue weighted by atomic mass is 10.0. The Morgan fingerprint density at radius 3 is 1.20 bits per heavy atom. The van der Waals surface area contributed by atoms with Gasteiger partial charge in [-0.25, -0.2) is 0 Å². The lowest BCUT2D eigenvalue weighted by molar-refractivity contribution is 1.19. The number of para-hydroxylation sites is 2. The Labute approximate surface area is 328 Å². The zero-order valence-corrected chi connectivity index (χ0v) is 31.2. The van der Waals surface area contributed by atoms with Crippen molar-refractivity contribution in [2.24, 2.45) is 0 Å². The van der Waals surface area contributed by atoms with Crippen LogP contribution in [0.15, 0.2) is 158 Å². The minimum Gasteiger partial charge on any atom is -0.309 e. The average molecular weight is 747 g/mol. The highest BCUT2D eigenvalue weighted by atomic mass is 32.1. The molecule has 8 aromatic carbocycles. The Kier molecular flexibility index (Phi) is 6.48. The average Bonchev–Trinajstić information content (AvgIpc) is 4.00.